The minimum atomic E-state index is -4.35. The molecule has 1 saturated carbocycles. The molecule has 1 aliphatic carbocycles. The van der Waals surface area contributed by atoms with Crippen molar-refractivity contribution in [2.45, 2.75) is 38.3 Å². The molecule has 1 N–H and O–H groups in total. The van der Waals surface area contributed by atoms with Crippen LogP contribution in [0.1, 0.15) is 37.7 Å². The first-order valence-corrected chi connectivity index (χ1v) is 6.94. The number of hydrogen-bond acceptors (Lipinski definition) is 1. The molecule has 1 aromatic carbocycles. The van der Waals surface area contributed by atoms with Crippen LogP contribution in [0.15, 0.2) is 18.2 Å². The van der Waals surface area contributed by atoms with E-state index in [1.165, 1.54) is 19.3 Å². The summed E-state index contributed by atoms with van der Waals surface area (Å²) in [6, 6.07) is 3.61. The highest BCUT2D eigenvalue weighted by Gasteiger charge is 2.31. The lowest BCUT2D eigenvalue weighted by Gasteiger charge is -2.22. The van der Waals surface area contributed by atoms with Crippen LogP contribution in [0.5, 0.6) is 0 Å². The molecule has 0 amide bonds. The fourth-order valence-electron chi connectivity index (χ4n) is 2.51. The molecule has 0 unspecified atom stereocenters. The number of nitrogens with one attached hydrogen (secondary N) is 1. The van der Waals surface area contributed by atoms with Crippen LogP contribution in [0.25, 0.3) is 0 Å². The molecule has 0 aliphatic heterocycles. The zero-order chi connectivity index (χ0) is 13.9. The largest absolute Gasteiger partial charge is 0.416 e. The Morgan fingerprint density at radius 3 is 2.42 bits per heavy atom. The van der Waals surface area contributed by atoms with E-state index in [4.69, 9.17) is 11.6 Å². The number of alkyl halides is 3. The Morgan fingerprint density at radius 1 is 1.11 bits per heavy atom. The molecule has 1 nitrogen and oxygen atoms in total. The Morgan fingerprint density at radius 2 is 1.79 bits per heavy atom. The Balaban J connectivity index is 2.01. The monoisotopic (exact) mass is 291 g/mol. The highest BCUT2D eigenvalue weighted by atomic mass is 35.5. The van der Waals surface area contributed by atoms with Gasteiger partial charge in [-0.2, -0.15) is 13.2 Å². The second kappa shape index (κ2) is 6.04. The summed E-state index contributed by atoms with van der Waals surface area (Å²) in [6.07, 6.45) is 1.66. The average Bonchev–Trinajstić information content (AvgIpc) is 2.36. The van der Waals surface area contributed by atoms with Crippen LogP contribution in [-0.2, 0) is 6.18 Å². The van der Waals surface area contributed by atoms with Crippen LogP contribution < -0.4 is 5.32 Å². The Labute approximate surface area is 116 Å². The fourth-order valence-corrected chi connectivity index (χ4v) is 2.74. The summed E-state index contributed by atoms with van der Waals surface area (Å²) in [5.74, 6) is 0.557. The first kappa shape index (κ1) is 14.5. The van der Waals surface area contributed by atoms with Gasteiger partial charge in [0.2, 0.25) is 0 Å². The summed E-state index contributed by atoms with van der Waals surface area (Å²) >= 11 is 5.74. The lowest BCUT2D eigenvalue weighted by molar-refractivity contribution is -0.137. The van der Waals surface area contributed by atoms with Gasteiger partial charge in [-0.15, -0.1) is 0 Å². The van der Waals surface area contributed by atoms with Crippen LogP contribution in [0.3, 0.4) is 0 Å². The molecule has 19 heavy (non-hydrogen) atoms. The molecule has 106 valence electrons. The lowest BCUT2D eigenvalue weighted by atomic mass is 9.89. The third-order valence-electron chi connectivity index (χ3n) is 3.54. The highest BCUT2D eigenvalue weighted by molar-refractivity contribution is 6.30. The van der Waals surface area contributed by atoms with Gasteiger partial charge in [-0.05, 0) is 37.0 Å². The Hall–Kier alpha value is -0.900. The van der Waals surface area contributed by atoms with Gasteiger partial charge >= 0.3 is 6.18 Å². The number of benzene rings is 1. The van der Waals surface area contributed by atoms with Crippen LogP contribution in [-0.4, -0.2) is 6.54 Å². The third kappa shape index (κ3) is 4.30. The lowest BCUT2D eigenvalue weighted by Crippen LogP contribution is -2.17. The molecule has 0 aromatic heterocycles. The summed E-state index contributed by atoms with van der Waals surface area (Å²) in [4.78, 5) is 0. The van der Waals surface area contributed by atoms with Crippen molar-refractivity contribution in [2.24, 2.45) is 5.92 Å². The van der Waals surface area contributed by atoms with Gasteiger partial charge in [0.25, 0.3) is 0 Å². The molecule has 1 fully saturated rings. The molecule has 2 rings (SSSR count). The van der Waals surface area contributed by atoms with Crippen molar-refractivity contribution >= 4 is 17.3 Å². The quantitative estimate of drug-likeness (QED) is 0.791. The van der Waals surface area contributed by atoms with Crippen molar-refractivity contribution in [2.75, 3.05) is 11.9 Å². The van der Waals surface area contributed by atoms with Crippen molar-refractivity contribution in [1.82, 2.24) is 0 Å². The highest BCUT2D eigenvalue weighted by Crippen LogP contribution is 2.33. The van der Waals surface area contributed by atoms with Gasteiger partial charge in [0, 0.05) is 17.3 Å². The Kier molecular flexibility index (Phi) is 4.61. The summed E-state index contributed by atoms with van der Waals surface area (Å²) in [6.45, 7) is 0.720. The molecular formula is C14H17ClF3N. The molecule has 0 saturated heterocycles. The molecule has 1 aromatic rings. The van der Waals surface area contributed by atoms with Gasteiger partial charge in [0.05, 0.1) is 5.56 Å². The predicted octanol–water partition coefficient (Wildman–Crippen LogP) is 5.35. The molecular weight excluding hydrogens is 275 g/mol. The Bertz CT molecular complexity index is 425. The summed E-state index contributed by atoms with van der Waals surface area (Å²) in [7, 11) is 0. The molecule has 0 atom stereocenters. The van der Waals surface area contributed by atoms with E-state index in [0.29, 0.717) is 11.6 Å². The van der Waals surface area contributed by atoms with E-state index in [9.17, 15) is 13.2 Å². The molecule has 0 bridgehead atoms. The van der Waals surface area contributed by atoms with E-state index in [1.807, 2.05) is 0 Å². The van der Waals surface area contributed by atoms with E-state index < -0.39 is 11.7 Å². The minimum absolute atomic E-state index is 0.112. The number of hydrogen-bond donors (Lipinski definition) is 1. The zero-order valence-corrected chi connectivity index (χ0v) is 11.3. The molecule has 0 spiro atoms. The molecule has 1 aliphatic rings. The average molecular weight is 292 g/mol. The zero-order valence-electron chi connectivity index (χ0n) is 10.6. The van der Waals surface area contributed by atoms with Gasteiger partial charge in [-0.25, -0.2) is 0 Å². The van der Waals surface area contributed by atoms with E-state index in [0.717, 1.165) is 31.5 Å². The van der Waals surface area contributed by atoms with Crippen LogP contribution in [0.2, 0.25) is 5.02 Å². The number of halogens is 4. The number of anilines is 1. The predicted molar refractivity (Wildman–Crippen MR) is 71.5 cm³/mol. The number of rotatable bonds is 3. The topological polar surface area (TPSA) is 12.0 Å². The smallest absolute Gasteiger partial charge is 0.385 e. The van der Waals surface area contributed by atoms with Crippen LogP contribution in [0, 0.1) is 5.92 Å². The van der Waals surface area contributed by atoms with Crippen molar-refractivity contribution in [3.63, 3.8) is 0 Å². The standard InChI is InChI=1S/C14H17ClF3N/c15-12-6-11(14(16,17)18)7-13(8-12)19-9-10-4-2-1-3-5-10/h6-8,10,19H,1-5,9H2. The van der Waals surface area contributed by atoms with Crippen molar-refractivity contribution in [3.8, 4) is 0 Å². The summed E-state index contributed by atoms with van der Waals surface area (Å²) in [5, 5.41) is 3.20. The molecule has 0 radical (unpaired) electrons. The van der Waals surface area contributed by atoms with Gasteiger partial charge in [0.15, 0.2) is 0 Å². The minimum Gasteiger partial charge on any atom is -0.385 e. The van der Waals surface area contributed by atoms with Gasteiger partial charge in [-0.1, -0.05) is 30.9 Å². The maximum absolute atomic E-state index is 12.7. The SMILES string of the molecule is FC(F)(F)c1cc(Cl)cc(NCC2CCCCC2)c1. The van der Waals surface area contributed by atoms with Gasteiger partial charge in [-0.3, -0.25) is 0 Å². The summed E-state index contributed by atoms with van der Waals surface area (Å²) in [5.41, 5.74) is -0.253. The third-order valence-corrected chi connectivity index (χ3v) is 3.76. The van der Waals surface area contributed by atoms with Crippen LogP contribution in [0.4, 0.5) is 18.9 Å². The van der Waals surface area contributed by atoms with Gasteiger partial charge in [0.1, 0.15) is 0 Å². The second-order valence-electron chi connectivity index (χ2n) is 5.11. The first-order chi connectivity index (χ1) is 8.95. The maximum atomic E-state index is 12.7. The van der Waals surface area contributed by atoms with Crippen molar-refractivity contribution in [1.29, 1.82) is 0 Å². The first-order valence-electron chi connectivity index (χ1n) is 6.57. The van der Waals surface area contributed by atoms with Gasteiger partial charge < -0.3 is 5.32 Å². The maximum Gasteiger partial charge on any atom is 0.416 e. The van der Waals surface area contributed by atoms with E-state index in [-0.39, 0.29) is 5.02 Å². The second-order valence-corrected chi connectivity index (χ2v) is 5.55. The van der Waals surface area contributed by atoms with E-state index in [1.54, 1.807) is 6.07 Å². The fraction of sp³-hybridized carbons (Fsp3) is 0.571. The van der Waals surface area contributed by atoms with E-state index in [2.05, 4.69) is 5.32 Å². The molecule has 0 heterocycles. The van der Waals surface area contributed by atoms with Crippen LogP contribution >= 0.6 is 11.6 Å². The van der Waals surface area contributed by atoms with Crippen molar-refractivity contribution < 1.29 is 13.2 Å². The normalized spacial score (nSPS) is 17.5. The molecule has 5 heteroatoms. The summed E-state index contributed by atoms with van der Waals surface area (Å²) < 4.78 is 38.0. The van der Waals surface area contributed by atoms with Crippen molar-refractivity contribution in [3.05, 3.63) is 28.8 Å². The van der Waals surface area contributed by atoms with E-state index >= 15 is 0 Å².